The number of amides is 1. The molecule has 0 radical (unpaired) electrons. The first kappa shape index (κ1) is 12.9. The lowest BCUT2D eigenvalue weighted by atomic mass is 9.88. The highest BCUT2D eigenvalue weighted by atomic mass is 16.1. The Labute approximate surface area is 109 Å². The number of nitrogen functional groups attached to an aromatic ring is 1. The number of nitrogens with two attached hydrogens (primary N) is 1. The first-order valence-electron chi connectivity index (χ1n) is 6.88. The maximum Gasteiger partial charge on any atom is 0.223 e. The smallest absolute Gasteiger partial charge is 0.223 e. The van der Waals surface area contributed by atoms with Gasteiger partial charge in [-0.25, -0.2) is 0 Å². The Hall–Kier alpha value is -1.51. The van der Waals surface area contributed by atoms with Crippen LogP contribution >= 0.6 is 0 Å². The Balaban J connectivity index is 1.73. The van der Waals surface area contributed by atoms with E-state index in [0.29, 0.717) is 6.54 Å². The summed E-state index contributed by atoms with van der Waals surface area (Å²) >= 11 is 0. The quantitative estimate of drug-likeness (QED) is 0.802. The number of carbonyl (C=O) groups is 1. The van der Waals surface area contributed by atoms with Crippen LogP contribution in [-0.4, -0.2) is 12.5 Å². The van der Waals surface area contributed by atoms with Crippen molar-refractivity contribution in [1.29, 1.82) is 0 Å². The monoisotopic (exact) mass is 246 g/mol. The minimum absolute atomic E-state index is 0.235. The largest absolute Gasteiger partial charge is 0.399 e. The van der Waals surface area contributed by atoms with Crippen molar-refractivity contribution in [2.24, 2.45) is 5.92 Å². The Morgan fingerprint density at radius 3 is 2.78 bits per heavy atom. The summed E-state index contributed by atoms with van der Waals surface area (Å²) < 4.78 is 0. The van der Waals surface area contributed by atoms with Gasteiger partial charge in [0.15, 0.2) is 0 Å². The summed E-state index contributed by atoms with van der Waals surface area (Å²) in [4.78, 5) is 11.9. The van der Waals surface area contributed by atoms with Gasteiger partial charge >= 0.3 is 0 Å². The van der Waals surface area contributed by atoms with Crippen molar-refractivity contribution in [2.75, 3.05) is 12.3 Å². The molecule has 2 rings (SSSR count). The highest BCUT2D eigenvalue weighted by Gasteiger charge is 2.20. The standard InChI is InChI=1S/C15H22N2O/c16-14-8-4-5-12(11-14)9-10-17-15(18)13-6-2-1-3-7-13/h4-5,8,11,13H,1-3,6-7,9-10,16H2,(H,17,18). The van der Waals surface area contributed by atoms with Gasteiger partial charge in [0.2, 0.25) is 5.91 Å². The third-order valence-electron chi connectivity index (χ3n) is 3.64. The van der Waals surface area contributed by atoms with Crippen LogP contribution < -0.4 is 11.1 Å². The van der Waals surface area contributed by atoms with Crippen molar-refractivity contribution >= 4 is 11.6 Å². The summed E-state index contributed by atoms with van der Waals surface area (Å²) in [7, 11) is 0. The number of hydrogen-bond donors (Lipinski definition) is 2. The number of rotatable bonds is 4. The van der Waals surface area contributed by atoms with Gasteiger partial charge in [-0.15, -0.1) is 0 Å². The van der Waals surface area contributed by atoms with E-state index in [1.54, 1.807) is 0 Å². The van der Waals surface area contributed by atoms with E-state index in [1.807, 2.05) is 24.3 Å². The van der Waals surface area contributed by atoms with Crippen molar-refractivity contribution in [3.8, 4) is 0 Å². The Morgan fingerprint density at radius 1 is 1.28 bits per heavy atom. The van der Waals surface area contributed by atoms with Crippen LogP contribution in [0, 0.1) is 5.92 Å². The molecule has 98 valence electrons. The number of nitrogens with one attached hydrogen (secondary N) is 1. The number of hydrogen-bond acceptors (Lipinski definition) is 2. The predicted molar refractivity (Wildman–Crippen MR) is 74.1 cm³/mol. The lowest BCUT2D eigenvalue weighted by Crippen LogP contribution is -2.33. The van der Waals surface area contributed by atoms with Crippen molar-refractivity contribution in [2.45, 2.75) is 38.5 Å². The van der Waals surface area contributed by atoms with Gasteiger partial charge in [0.05, 0.1) is 0 Å². The minimum atomic E-state index is 0.235. The topological polar surface area (TPSA) is 55.1 Å². The molecule has 0 aliphatic heterocycles. The fourth-order valence-corrected chi connectivity index (χ4v) is 2.59. The molecule has 1 saturated carbocycles. The first-order chi connectivity index (χ1) is 8.75. The number of benzene rings is 1. The van der Waals surface area contributed by atoms with E-state index in [2.05, 4.69) is 5.32 Å². The third kappa shape index (κ3) is 3.76. The van der Waals surface area contributed by atoms with E-state index in [0.717, 1.165) is 24.9 Å². The van der Waals surface area contributed by atoms with Gasteiger partial charge in [-0.05, 0) is 37.0 Å². The van der Waals surface area contributed by atoms with Gasteiger partial charge in [-0.3, -0.25) is 4.79 Å². The molecule has 1 aliphatic carbocycles. The molecule has 3 heteroatoms. The second kappa shape index (κ2) is 6.43. The van der Waals surface area contributed by atoms with Gasteiger partial charge in [-0.1, -0.05) is 31.4 Å². The molecule has 3 nitrogen and oxygen atoms in total. The van der Waals surface area contributed by atoms with E-state index in [9.17, 15) is 4.79 Å². The molecule has 1 aromatic rings. The van der Waals surface area contributed by atoms with Crippen LogP contribution in [0.4, 0.5) is 5.69 Å². The van der Waals surface area contributed by atoms with Gasteiger partial charge in [0.25, 0.3) is 0 Å². The normalized spacial score (nSPS) is 16.4. The van der Waals surface area contributed by atoms with Crippen molar-refractivity contribution in [3.05, 3.63) is 29.8 Å². The molecular weight excluding hydrogens is 224 g/mol. The molecule has 1 fully saturated rings. The minimum Gasteiger partial charge on any atom is -0.399 e. The summed E-state index contributed by atoms with van der Waals surface area (Å²) in [5.74, 6) is 0.484. The van der Waals surface area contributed by atoms with Crippen LogP contribution in [0.15, 0.2) is 24.3 Å². The second-order valence-electron chi connectivity index (χ2n) is 5.12. The average Bonchev–Trinajstić information content (AvgIpc) is 2.40. The highest BCUT2D eigenvalue weighted by molar-refractivity contribution is 5.78. The fraction of sp³-hybridized carbons (Fsp3) is 0.533. The van der Waals surface area contributed by atoms with Crippen LogP contribution in [0.5, 0.6) is 0 Å². The van der Waals surface area contributed by atoms with Crippen LogP contribution in [0.2, 0.25) is 0 Å². The summed E-state index contributed by atoms with van der Waals surface area (Å²) in [6, 6.07) is 7.84. The summed E-state index contributed by atoms with van der Waals surface area (Å²) in [6.45, 7) is 0.707. The van der Waals surface area contributed by atoms with Crippen molar-refractivity contribution < 1.29 is 4.79 Å². The molecule has 0 unspecified atom stereocenters. The van der Waals surface area contributed by atoms with Crippen LogP contribution in [0.3, 0.4) is 0 Å². The van der Waals surface area contributed by atoms with Gasteiger partial charge < -0.3 is 11.1 Å². The Kier molecular flexibility index (Phi) is 4.62. The zero-order valence-electron chi connectivity index (χ0n) is 10.8. The lowest BCUT2D eigenvalue weighted by Gasteiger charge is -2.20. The molecule has 1 aromatic carbocycles. The summed E-state index contributed by atoms with van der Waals surface area (Å²) in [5.41, 5.74) is 7.68. The van der Waals surface area contributed by atoms with Gasteiger partial charge in [-0.2, -0.15) is 0 Å². The van der Waals surface area contributed by atoms with Crippen LogP contribution in [0.1, 0.15) is 37.7 Å². The van der Waals surface area contributed by atoms with E-state index in [-0.39, 0.29) is 11.8 Å². The molecule has 18 heavy (non-hydrogen) atoms. The van der Waals surface area contributed by atoms with E-state index < -0.39 is 0 Å². The van der Waals surface area contributed by atoms with E-state index in [1.165, 1.54) is 24.8 Å². The predicted octanol–water partition coefficient (Wildman–Crippen LogP) is 2.51. The van der Waals surface area contributed by atoms with Gasteiger partial charge in [0, 0.05) is 18.2 Å². The third-order valence-corrected chi connectivity index (χ3v) is 3.64. The fourth-order valence-electron chi connectivity index (χ4n) is 2.59. The molecule has 0 spiro atoms. The molecule has 0 saturated heterocycles. The molecule has 1 aliphatic rings. The molecule has 0 aromatic heterocycles. The zero-order valence-corrected chi connectivity index (χ0v) is 10.8. The highest BCUT2D eigenvalue weighted by Crippen LogP contribution is 2.23. The maximum atomic E-state index is 11.9. The van der Waals surface area contributed by atoms with Gasteiger partial charge in [0.1, 0.15) is 0 Å². The summed E-state index contributed by atoms with van der Waals surface area (Å²) in [5, 5.41) is 3.04. The maximum absolute atomic E-state index is 11.9. The number of anilines is 1. The molecular formula is C15H22N2O. The molecule has 0 bridgehead atoms. The number of carbonyl (C=O) groups excluding carboxylic acids is 1. The molecule has 0 atom stereocenters. The first-order valence-corrected chi connectivity index (χ1v) is 6.88. The van der Waals surface area contributed by atoms with E-state index >= 15 is 0 Å². The van der Waals surface area contributed by atoms with E-state index in [4.69, 9.17) is 5.73 Å². The van der Waals surface area contributed by atoms with Crippen molar-refractivity contribution in [3.63, 3.8) is 0 Å². The summed E-state index contributed by atoms with van der Waals surface area (Å²) in [6.07, 6.45) is 6.66. The second-order valence-corrected chi connectivity index (χ2v) is 5.12. The van der Waals surface area contributed by atoms with Crippen molar-refractivity contribution in [1.82, 2.24) is 5.32 Å². The molecule has 3 N–H and O–H groups in total. The SMILES string of the molecule is Nc1cccc(CCNC(=O)C2CCCCC2)c1. The molecule has 1 amide bonds. The zero-order chi connectivity index (χ0) is 12.8. The Morgan fingerprint density at radius 2 is 2.06 bits per heavy atom. The van der Waals surface area contributed by atoms with Crippen LogP contribution in [0.25, 0.3) is 0 Å². The van der Waals surface area contributed by atoms with Crippen LogP contribution in [-0.2, 0) is 11.2 Å². The molecule has 0 heterocycles. The lowest BCUT2D eigenvalue weighted by molar-refractivity contribution is -0.125. The Bertz CT molecular complexity index is 397. The average molecular weight is 246 g/mol.